The lowest BCUT2D eigenvalue weighted by Gasteiger charge is -2.20. The number of benzene rings is 2. The van der Waals surface area contributed by atoms with Crippen LogP contribution in [0.4, 0.5) is 5.95 Å². The van der Waals surface area contributed by atoms with Crippen LogP contribution in [0.15, 0.2) is 47.5 Å². The van der Waals surface area contributed by atoms with E-state index in [2.05, 4.69) is 15.0 Å². The fourth-order valence-corrected chi connectivity index (χ4v) is 4.91. The van der Waals surface area contributed by atoms with Crippen LogP contribution in [0.1, 0.15) is 0 Å². The van der Waals surface area contributed by atoms with Gasteiger partial charge in [0.05, 0.1) is 19.5 Å². The van der Waals surface area contributed by atoms with Crippen molar-refractivity contribution in [2.45, 2.75) is 6.73 Å². The van der Waals surface area contributed by atoms with E-state index in [-0.39, 0.29) is 73.6 Å². The minimum atomic E-state index is -4.32. The number of fused-ring (bicyclic) bond motifs is 3. The van der Waals surface area contributed by atoms with Gasteiger partial charge >= 0.3 is 7.82 Å². The number of imidazole rings is 1. The quantitative estimate of drug-likeness (QED) is 0.219. The van der Waals surface area contributed by atoms with Crippen molar-refractivity contribution in [3.8, 4) is 34.5 Å². The molecule has 38 heavy (non-hydrogen) atoms. The molecule has 15 nitrogen and oxygen atoms in total. The summed E-state index contributed by atoms with van der Waals surface area (Å²) in [4.78, 5) is 22.4. The van der Waals surface area contributed by atoms with Gasteiger partial charge in [0.2, 0.25) is 31.0 Å². The Kier molecular flexibility index (Phi) is 6.15. The van der Waals surface area contributed by atoms with Crippen LogP contribution < -0.4 is 39.3 Å². The molecule has 6 rings (SSSR count). The highest BCUT2D eigenvalue weighted by atomic mass is 31.2. The Morgan fingerprint density at radius 2 is 1.63 bits per heavy atom. The molecule has 0 spiro atoms. The van der Waals surface area contributed by atoms with Crippen molar-refractivity contribution in [2.24, 2.45) is 0 Å². The van der Waals surface area contributed by atoms with Crippen molar-refractivity contribution >= 4 is 24.9 Å². The second-order valence-electron chi connectivity index (χ2n) is 7.82. The van der Waals surface area contributed by atoms with Crippen LogP contribution in [-0.2, 0) is 20.6 Å². The fourth-order valence-electron chi connectivity index (χ4n) is 3.70. The Labute approximate surface area is 213 Å². The van der Waals surface area contributed by atoms with Gasteiger partial charge in [-0.15, -0.1) is 0 Å². The third-order valence-corrected chi connectivity index (χ3v) is 6.68. The lowest BCUT2D eigenvalue weighted by molar-refractivity contribution is 0.0488. The summed E-state index contributed by atoms with van der Waals surface area (Å²) in [5.74, 6) is 1.54. The highest BCUT2D eigenvalue weighted by molar-refractivity contribution is 7.49. The van der Waals surface area contributed by atoms with Crippen molar-refractivity contribution in [1.29, 1.82) is 0 Å². The van der Waals surface area contributed by atoms with E-state index in [1.165, 1.54) is 10.9 Å². The Balaban J connectivity index is 1.16. The summed E-state index contributed by atoms with van der Waals surface area (Å²) in [7, 11) is -4.32. The number of phosphoric acid groups is 1. The third-order valence-electron chi connectivity index (χ3n) is 5.34. The molecule has 4 aromatic rings. The minimum Gasteiger partial charge on any atom is -0.453 e. The summed E-state index contributed by atoms with van der Waals surface area (Å²) < 4.78 is 59.5. The van der Waals surface area contributed by atoms with Gasteiger partial charge in [-0.25, -0.2) is 9.55 Å². The molecule has 198 valence electrons. The molecule has 2 aliphatic rings. The zero-order valence-corrected chi connectivity index (χ0v) is 20.4. The van der Waals surface area contributed by atoms with Crippen LogP contribution in [0.25, 0.3) is 11.2 Å². The Morgan fingerprint density at radius 1 is 0.974 bits per heavy atom. The summed E-state index contributed by atoms with van der Waals surface area (Å²) in [6, 6.07) is 9.75. The van der Waals surface area contributed by atoms with Gasteiger partial charge in [0, 0.05) is 0 Å². The number of para-hydroxylation sites is 2. The summed E-state index contributed by atoms with van der Waals surface area (Å²) >= 11 is 0. The van der Waals surface area contributed by atoms with Crippen molar-refractivity contribution in [3.63, 3.8) is 0 Å². The predicted molar refractivity (Wildman–Crippen MR) is 128 cm³/mol. The standard InChI is InChI=1S/C22H20N5O10P/c23-22-25-20-17(21(28)26-22)24-9-27(20)10-30-7-8-35-38(29,36-15-5-1-3-13-18(15)33-11-31-13)37-16-6-2-4-14-19(16)34-12-32-14/h1-6,9H,7-8,10-12H2,(H3,23,25,26,28). The number of ether oxygens (including phenoxy) is 5. The molecule has 4 heterocycles. The van der Waals surface area contributed by atoms with Gasteiger partial charge in [0.25, 0.3) is 5.56 Å². The molecule has 0 saturated heterocycles. The molecule has 2 aromatic carbocycles. The number of nitrogens with two attached hydrogens (primary N) is 1. The number of hydrogen-bond donors (Lipinski definition) is 2. The molecule has 2 aromatic heterocycles. The maximum Gasteiger partial charge on any atom is 0.587 e. The molecule has 0 bridgehead atoms. The first-order chi connectivity index (χ1) is 18.5. The highest BCUT2D eigenvalue weighted by Crippen LogP contribution is 2.56. The van der Waals surface area contributed by atoms with Crippen molar-refractivity contribution < 1.29 is 41.8 Å². The number of nitrogen functional groups attached to an aromatic ring is 1. The first-order valence-corrected chi connectivity index (χ1v) is 12.6. The van der Waals surface area contributed by atoms with Crippen LogP contribution in [0.3, 0.4) is 0 Å². The van der Waals surface area contributed by atoms with E-state index in [9.17, 15) is 9.36 Å². The highest BCUT2D eigenvalue weighted by Gasteiger charge is 2.36. The number of aromatic nitrogens is 4. The van der Waals surface area contributed by atoms with Gasteiger partial charge in [-0.1, -0.05) is 12.1 Å². The average molecular weight is 545 g/mol. The normalized spacial score (nSPS) is 13.7. The summed E-state index contributed by atoms with van der Waals surface area (Å²) in [5.41, 5.74) is 5.52. The van der Waals surface area contributed by atoms with E-state index in [4.69, 9.17) is 43.0 Å². The zero-order chi connectivity index (χ0) is 26.1. The second kappa shape index (κ2) is 9.78. The van der Waals surface area contributed by atoms with E-state index in [1.54, 1.807) is 36.4 Å². The number of aromatic amines is 1. The predicted octanol–water partition coefficient (Wildman–Crippen LogP) is 2.42. The van der Waals surface area contributed by atoms with Crippen molar-refractivity contribution in [1.82, 2.24) is 19.5 Å². The zero-order valence-electron chi connectivity index (χ0n) is 19.5. The third kappa shape index (κ3) is 4.65. The molecule has 0 unspecified atom stereocenters. The number of anilines is 1. The number of phosphoric ester groups is 1. The molecular formula is C22H20N5O10P. The fraction of sp³-hybridized carbons (Fsp3) is 0.227. The number of rotatable bonds is 10. The van der Waals surface area contributed by atoms with E-state index < -0.39 is 13.4 Å². The van der Waals surface area contributed by atoms with E-state index >= 15 is 0 Å². The van der Waals surface area contributed by atoms with Crippen LogP contribution in [0.5, 0.6) is 34.5 Å². The molecule has 0 fully saturated rings. The molecule has 0 atom stereocenters. The molecule has 0 aliphatic carbocycles. The second-order valence-corrected chi connectivity index (χ2v) is 9.34. The summed E-state index contributed by atoms with van der Waals surface area (Å²) in [5, 5.41) is 0. The monoisotopic (exact) mass is 545 g/mol. The Morgan fingerprint density at radius 3 is 2.29 bits per heavy atom. The van der Waals surface area contributed by atoms with Crippen LogP contribution in [0, 0.1) is 0 Å². The Bertz CT molecular complexity index is 1540. The molecule has 0 saturated carbocycles. The Hall–Kier alpha value is -4.46. The number of hydrogen-bond acceptors (Lipinski definition) is 13. The lowest BCUT2D eigenvalue weighted by Crippen LogP contribution is -2.14. The van der Waals surface area contributed by atoms with E-state index in [1.807, 2.05) is 0 Å². The molecule has 0 amide bonds. The molecule has 2 aliphatic heterocycles. The van der Waals surface area contributed by atoms with E-state index in [0.717, 1.165) is 0 Å². The van der Waals surface area contributed by atoms with E-state index in [0.29, 0.717) is 11.5 Å². The minimum absolute atomic E-state index is 0.0117. The molecule has 3 N–H and O–H groups in total. The largest absolute Gasteiger partial charge is 0.587 e. The molecular weight excluding hydrogens is 525 g/mol. The van der Waals surface area contributed by atoms with Gasteiger partial charge in [0.1, 0.15) is 6.73 Å². The summed E-state index contributed by atoms with van der Waals surface area (Å²) in [6.45, 7) is -0.284. The number of nitrogens with zero attached hydrogens (tertiary/aromatic N) is 3. The SMILES string of the molecule is Nc1nc2c(ncn2COCCOP(=O)(Oc2cccc3c2OCO3)Oc2cccc3c2OCO3)c(=O)[nH]1. The van der Waals surface area contributed by atoms with Crippen LogP contribution >= 0.6 is 7.82 Å². The first kappa shape index (κ1) is 23.9. The maximum absolute atomic E-state index is 13.8. The van der Waals surface area contributed by atoms with Gasteiger partial charge in [0.15, 0.2) is 34.2 Å². The number of H-pyrrole nitrogens is 1. The van der Waals surface area contributed by atoms with Gasteiger partial charge in [-0.2, -0.15) is 4.98 Å². The smallest absolute Gasteiger partial charge is 0.453 e. The van der Waals surface area contributed by atoms with Gasteiger partial charge < -0.3 is 38.5 Å². The van der Waals surface area contributed by atoms with Crippen LogP contribution in [-0.4, -0.2) is 46.3 Å². The van der Waals surface area contributed by atoms with Crippen molar-refractivity contribution in [3.05, 3.63) is 53.1 Å². The average Bonchev–Trinajstić information content (AvgIpc) is 3.64. The van der Waals surface area contributed by atoms with Crippen LogP contribution in [0.2, 0.25) is 0 Å². The molecule has 0 radical (unpaired) electrons. The first-order valence-electron chi connectivity index (χ1n) is 11.2. The van der Waals surface area contributed by atoms with Gasteiger partial charge in [-0.3, -0.25) is 18.9 Å². The summed E-state index contributed by atoms with van der Waals surface area (Å²) in [6.07, 6.45) is 1.39. The lowest BCUT2D eigenvalue weighted by atomic mass is 10.3. The maximum atomic E-state index is 13.8. The van der Waals surface area contributed by atoms with Gasteiger partial charge in [-0.05, 0) is 24.3 Å². The molecule has 16 heteroatoms. The van der Waals surface area contributed by atoms with Crippen molar-refractivity contribution in [2.75, 3.05) is 32.5 Å². The topological polar surface area (TPSA) is 180 Å². The number of nitrogens with one attached hydrogen (secondary N) is 1.